The normalized spacial score (nSPS) is 23.1. The van der Waals surface area contributed by atoms with Gasteiger partial charge in [-0.25, -0.2) is 4.79 Å². The maximum Gasteiger partial charge on any atom is 0.334 e. The number of nitrogens with zero attached hydrogens (tertiary/aromatic N) is 1. The topological polar surface area (TPSA) is 29.5 Å². The minimum atomic E-state index is -0.268. The van der Waals surface area contributed by atoms with Gasteiger partial charge in [0, 0.05) is 11.6 Å². The third-order valence-corrected chi connectivity index (χ3v) is 2.87. The fourth-order valence-corrected chi connectivity index (χ4v) is 2.03. The highest BCUT2D eigenvalue weighted by molar-refractivity contribution is 5.88. The van der Waals surface area contributed by atoms with Crippen molar-refractivity contribution in [2.75, 3.05) is 20.2 Å². The molecule has 3 heteroatoms. The molecule has 1 atom stereocenters. The van der Waals surface area contributed by atoms with E-state index < -0.39 is 0 Å². The largest absolute Gasteiger partial charge is 0.466 e. The van der Waals surface area contributed by atoms with Crippen molar-refractivity contribution in [1.29, 1.82) is 0 Å². The molecule has 80 valence electrons. The van der Waals surface area contributed by atoms with Crippen LogP contribution < -0.4 is 0 Å². The lowest BCUT2D eigenvalue weighted by Crippen LogP contribution is -2.42. The summed E-state index contributed by atoms with van der Waals surface area (Å²) in [6.07, 6.45) is 3.43. The molecule has 0 bridgehead atoms. The Bertz CT molecular complexity index is 225. The van der Waals surface area contributed by atoms with Crippen LogP contribution in [-0.2, 0) is 9.53 Å². The zero-order valence-corrected chi connectivity index (χ0v) is 9.08. The second-order valence-corrected chi connectivity index (χ2v) is 3.66. The number of methoxy groups -OCH3 is 1. The second kappa shape index (κ2) is 5.15. The molecule has 0 aromatic rings. The number of likely N-dealkylation sites (tertiary alicyclic amines) is 1. The van der Waals surface area contributed by atoms with Gasteiger partial charge in [-0.1, -0.05) is 19.9 Å². The van der Waals surface area contributed by atoms with E-state index in [-0.39, 0.29) is 12.0 Å². The fraction of sp³-hybridized carbons (Fsp3) is 0.727. The summed E-state index contributed by atoms with van der Waals surface area (Å²) in [5.74, 6) is -0.268. The van der Waals surface area contributed by atoms with Crippen LogP contribution in [0.25, 0.3) is 0 Å². The Balaban J connectivity index is 2.63. The van der Waals surface area contributed by atoms with E-state index in [1.807, 2.05) is 0 Å². The number of hydrogen-bond acceptors (Lipinski definition) is 3. The van der Waals surface area contributed by atoms with E-state index in [1.165, 1.54) is 20.0 Å². The molecule has 0 radical (unpaired) electrons. The molecule has 1 heterocycles. The average molecular weight is 197 g/mol. The quantitative estimate of drug-likeness (QED) is 0.508. The number of likely N-dealkylation sites (N-methyl/N-ethyl adjacent to an activating group) is 1. The zero-order valence-electron chi connectivity index (χ0n) is 9.08. The van der Waals surface area contributed by atoms with Crippen LogP contribution in [0.2, 0.25) is 0 Å². The van der Waals surface area contributed by atoms with Gasteiger partial charge < -0.3 is 4.74 Å². The molecule has 1 aliphatic heterocycles. The van der Waals surface area contributed by atoms with Crippen LogP contribution in [0.5, 0.6) is 0 Å². The Morgan fingerprint density at radius 2 is 2.29 bits per heavy atom. The molecule has 0 N–H and O–H groups in total. The maximum absolute atomic E-state index is 11.3. The molecule has 1 saturated heterocycles. The molecule has 0 aromatic heterocycles. The molecule has 0 aliphatic carbocycles. The predicted molar refractivity (Wildman–Crippen MR) is 56.0 cm³/mol. The number of ether oxygens (including phenoxy) is 1. The molecular weight excluding hydrogens is 178 g/mol. The number of piperidine rings is 1. The van der Waals surface area contributed by atoms with Crippen molar-refractivity contribution in [1.82, 2.24) is 4.90 Å². The Morgan fingerprint density at radius 3 is 2.86 bits per heavy atom. The zero-order chi connectivity index (χ0) is 10.6. The summed E-state index contributed by atoms with van der Waals surface area (Å²) in [5.41, 5.74) is 0.606. The van der Waals surface area contributed by atoms with Gasteiger partial charge in [0.1, 0.15) is 0 Å². The lowest BCUT2D eigenvalue weighted by atomic mass is 9.96. The van der Waals surface area contributed by atoms with Crippen molar-refractivity contribution in [2.24, 2.45) is 0 Å². The third kappa shape index (κ3) is 2.35. The lowest BCUT2D eigenvalue weighted by Gasteiger charge is -2.35. The van der Waals surface area contributed by atoms with Crippen molar-refractivity contribution in [3.05, 3.63) is 12.2 Å². The minimum absolute atomic E-state index is 0.196. The van der Waals surface area contributed by atoms with Gasteiger partial charge in [-0.3, -0.25) is 4.90 Å². The summed E-state index contributed by atoms with van der Waals surface area (Å²) in [6, 6.07) is 0.196. The predicted octanol–water partition coefficient (Wildman–Crippen LogP) is 1.59. The summed E-state index contributed by atoms with van der Waals surface area (Å²) >= 11 is 0. The van der Waals surface area contributed by atoms with Crippen LogP contribution in [0.15, 0.2) is 12.2 Å². The number of hydrogen-bond donors (Lipinski definition) is 0. The van der Waals surface area contributed by atoms with E-state index in [0.717, 1.165) is 19.5 Å². The van der Waals surface area contributed by atoms with Crippen LogP contribution in [0.4, 0.5) is 0 Å². The minimum Gasteiger partial charge on any atom is -0.466 e. The molecule has 0 aromatic carbocycles. The Kier molecular flexibility index (Phi) is 4.14. The Morgan fingerprint density at radius 1 is 1.57 bits per heavy atom. The molecule has 0 spiro atoms. The van der Waals surface area contributed by atoms with E-state index in [4.69, 9.17) is 4.74 Å². The number of esters is 1. The van der Waals surface area contributed by atoms with Gasteiger partial charge in [0.25, 0.3) is 0 Å². The number of carbonyl (C=O) groups is 1. The first kappa shape index (κ1) is 11.2. The smallest absolute Gasteiger partial charge is 0.334 e. The Labute approximate surface area is 85.7 Å². The monoisotopic (exact) mass is 197 g/mol. The van der Waals surface area contributed by atoms with Crippen molar-refractivity contribution in [2.45, 2.75) is 32.2 Å². The number of rotatable bonds is 3. The van der Waals surface area contributed by atoms with Gasteiger partial charge in [-0.05, 0) is 25.9 Å². The molecule has 0 saturated carbocycles. The van der Waals surface area contributed by atoms with Crippen molar-refractivity contribution < 1.29 is 9.53 Å². The first-order valence-corrected chi connectivity index (χ1v) is 5.21. The van der Waals surface area contributed by atoms with Crippen molar-refractivity contribution in [3.63, 3.8) is 0 Å². The highest BCUT2D eigenvalue weighted by Crippen LogP contribution is 2.22. The maximum atomic E-state index is 11.3. The molecular formula is C11H19NO2. The van der Waals surface area contributed by atoms with Crippen LogP contribution in [0.3, 0.4) is 0 Å². The first-order valence-electron chi connectivity index (χ1n) is 5.21. The summed E-state index contributed by atoms with van der Waals surface area (Å²) < 4.78 is 4.69. The highest BCUT2D eigenvalue weighted by Gasteiger charge is 2.27. The van der Waals surface area contributed by atoms with Gasteiger partial charge in [-0.15, -0.1) is 0 Å². The van der Waals surface area contributed by atoms with E-state index in [2.05, 4.69) is 18.4 Å². The molecule has 3 nitrogen and oxygen atoms in total. The van der Waals surface area contributed by atoms with Gasteiger partial charge in [0.2, 0.25) is 0 Å². The Hall–Kier alpha value is -0.830. The summed E-state index contributed by atoms with van der Waals surface area (Å²) in [5, 5.41) is 0. The van der Waals surface area contributed by atoms with Crippen LogP contribution in [0, 0.1) is 0 Å². The summed E-state index contributed by atoms with van der Waals surface area (Å²) in [7, 11) is 1.41. The van der Waals surface area contributed by atoms with Gasteiger partial charge in [-0.2, -0.15) is 0 Å². The van der Waals surface area contributed by atoms with Gasteiger partial charge >= 0.3 is 5.97 Å². The summed E-state index contributed by atoms with van der Waals surface area (Å²) in [4.78, 5) is 13.6. The molecule has 14 heavy (non-hydrogen) atoms. The van der Waals surface area contributed by atoms with E-state index >= 15 is 0 Å². The molecule has 0 amide bonds. The van der Waals surface area contributed by atoms with Crippen LogP contribution >= 0.6 is 0 Å². The number of carbonyl (C=O) groups excluding carboxylic acids is 1. The molecule has 1 unspecified atom stereocenters. The van der Waals surface area contributed by atoms with E-state index in [0.29, 0.717) is 5.57 Å². The van der Waals surface area contributed by atoms with E-state index in [1.54, 1.807) is 0 Å². The van der Waals surface area contributed by atoms with Crippen LogP contribution in [-0.4, -0.2) is 37.1 Å². The van der Waals surface area contributed by atoms with Gasteiger partial charge in [0.05, 0.1) is 7.11 Å². The average Bonchev–Trinajstić information content (AvgIpc) is 2.26. The van der Waals surface area contributed by atoms with Gasteiger partial charge in [0.15, 0.2) is 0 Å². The van der Waals surface area contributed by atoms with E-state index in [9.17, 15) is 4.79 Å². The first-order chi connectivity index (χ1) is 6.70. The van der Waals surface area contributed by atoms with Crippen molar-refractivity contribution >= 4 is 5.97 Å². The third-order valence-electron chi connectivity index (χ3n) is 2.87. The SMILES string of the molecule is C=C(C(=O)OC)C1CCCCN1CC. The molecule has 1 aliphatic rings. The standard InChI is InChI=1S/C11H19NO2/c1-4-12-8-6-5-7-10(12)9(2)11(13)14-3/h10H,2,4-8H2,1,3H3. The molecule has 1 fully saturated rings. The second-order valence-electron chi connectivity index (χ2n) is 3.66. The molecule has 1 rings (SSSR count). The highest BCUT2D eigenvalue weighted by atomic mass is 16.5. The van der Waals surface area contributed by atoms with Crippen molar-refractivity contribution in [3.8, 4) is 0 Å². The fourth-order valence-electron chi connectivity index (χ4n) is 2.03. The van der Waals surface area contributed by atoms with Crippen LogP contribution in [0.1, 0.15) is 26.2 Å². The summed E-state index contributed by atoms with van der Waals surface area (Å²) in [6.45, 7) is 7.98. The lowest BCUT2D eigenvalue weighted by molar-refractivity contribution is -0.137.